The van der Waals surface area contributed by atoms with E-state index in [9.17, 15) is 13.2 Å². The molecule has 1 aromatic rings. The van der Waals surface area contributed by atoms with Gasteiger partial charge in [0.15, 0.2) is 0 Å². The van der Waals surface area contributed by atoms with Crippen LogP contribution in [0.25, 0.3) is 0 Å². The molecule has 1 aliphatic rings. The van der Waals surface area contributed by atoms with Crippen molar-refractivity contribution in [1.29, 1.82) is 0 Å². The largest absolute Gasteiger partial charge is 0.480 e. The number of rotatable bonds is 6. The molecule has 1 saturated heterocycles. The van der Waals surface area contributed by atoms with E-state index in [1.165, 1.54) is 12.4 Å². The lowest BCUT2D eigenvalue weighted by Crippen LogP contribution is -2.36. The molecule has 8 nitrogen and oxygen atoms in total. The molecule has 0 aromatic carbocycles. The summed E-state index contributed by atoms with van der Waals surface area (Å²) in [7, 11) is -1.58. The van der Waals surface area contributed by atoms with Gasteiger partial charge in [0.25, 0.3) is 0 Å². The number of sulfonamides is 1. The second-order valence-electron chi connectivity index (χ2n) is 5.37. The fraction of sp³-hybridized carbons (Fsp3) is 0.667. The van der Waals surface area contributed by atoms with Crippen LogP contribution in [0.15, 0.2) is 17.3 Å². The molecule has 2 heterocycles. The van der Waals surface area contributed by atoms with Crippen LogP contribution < -0.4 is 4.72 Å². The fourth-order valence-electron chi connectivity index (χ4n) is 2.29. The van der Waals surface area contributed by atoms with Crippen LogP contribution in [0.2, 0.25) is 0 Å². The maximum Gasteiger partial charge on any atom is 0.325 e. The number of carbonyl (C=O) groups is 1. The smallest absolute Gasteiger partial charge is 0.325 e. The Balaban J connectivity index is 1.92. The van der Waals surface area contributed by atoms with E-state index in [1.807, 2.05) is 0 Å². The minimum Gasteiger partial charge on any atom is -0.480 e. The van der Waals surface area contributed by atoms with E-state index in [1.54, 1.807) is 0 Å². The number of nitrogens with zero attached hydrogens (tertiary/aromatic N) is 3. The lowest BCUT2D eigenvalue weighted by atomic mass is 9.98. The van der Waals surface area contributed by atoms with Crippen LogP contribution >= 0.6 is 0 Å². The highest BCUT2D eigenvalue weighted by Gasteiger charge is 2.21. The van der Waals surface area contributed by atoms with Gasteiger partial charge in [0.05, 0.1) is 6.20 Å². The lowest BCUT2D eigenvalue weighted by molar-refractivity contribution is -0.137. The second kappa shape index (κ2) is 6.54. The number of carboxylic acids is 1. The van der Waals surface area contributed by atoms with Gasteiger partial charge in [-0.05, 0) is 38.9 Å². The van der Waals surface area contributed by atoms with Crippen molar-refractivity contribution in [2.24, 2.45) is 5.92 Å². The Bertz CT molecular complexity index is 590. The first-order chi connectivity index (χ1) is 9.87. The SMILES string of the molecule is CN1CCC(CNS(=O)(=O)c2cnn(CC(=O)O)c2)CC1. The van der Waals surface area contributed by atoms with Crippen molar-refractivity contribution in [3.05, 3.63) is 12.4 Å². The molecular weight excluding hydrogens is 296 g/mol. The molecular formula is C12H20N4O4S. The highest BCUT2D eigenvalue weighted by Crippen LogP contribution is 2.16. The molecule has 1 aromatic heterocycles. The van der Waals surface area contributed by atoms with Gasteiger partial charge >= 0.3 is 5.97 Å². The van der Waals surface area contributed by atoms with Crippen molar-refractivity contribution < 1.29 is 18.3 Å². The van der Waals surface area contributed by atoms with Gasteiger partial charge in [-0.25, -0.2) is 13.1 Å². The molecule has 2 N–H and O–H groups in total. The molecule has 0 bridgehead atoms. The first-order valence-electron chi connectivity index (χ1n) is 6.79. The zero-order valence-corrected chi connectivity index (χ0v) is 12.7. The highest BCUT2D eigenvalue weighted by molar-refractivity contribution is 7.89. The number of piperidine rings is 1. The number of hydrogen-bond donors (Lipinski definition) is 2. The van der Waals surface area contributed by atoms with Crippen molar-refractivity contribution in [3.63, 3.8) is 0 Å². The zero-order valence-electron chi connectivity index (χ0n) is 11.9. The standard InChI is InChI=1S/C12H20N4O4S/c1-15-4-2-10(3-5-15)6-14-21(19,20)11-7-13-16(8-11)9-12(17)18/h7-8,10,14H,2-6,9H2,1H3,(H,17,18). The van der Waals surface area contributed by atoms with Crippen LogP contribution in [0.4, 0.5) is 0 Å². The quantitative estimate of drug-likeness (QED) is 0.739. The minimum absolute atomic E-state index is 0.00308. The minimum atomic E-state index is -3.63. The van der Waals surface area contributed by atoms with E-state index >= 15 is 0 Å². The van der Waals surface area contributed by atoms with Crippen molar-refractivity contribution in [2.45, 2.75) is 24.3 Å². The maximum absolute atomic E-state index is 12.1. The topological polar surface area (TPSA) is 105 Å². The number of nitrogens with one attached hydrogen (secondary N) is 1. The van der Waals surface area contributed by atoms with Crippen LogP contribution in [0.1, 0.15) is 12.8 Å². The number of carboxylic acid groups (broad SMARTS) is 1. The molecule has 0 radical (unpaired) electrons. The van der Waals surface area contributed by atoms with E-state index in [0.717, 1.165) is 30.6 Å². The van der Waals surface area contributed by atoms with Gasteiger partial charge in [0, 0.05) is 12.7 Å². The molecule has 1 aliphatic heterocycles. The molecule has 0 atom stereocenters. The normalized spacial score (nSPS) is 18.0. The van der Waals surface area contributed by atoms with Crippen LogP contribution in [0.5, 0.6) is 0 Å². The molecule has 9 heteroatoms. The van der Waals surface area contributed by atoms with Crippen molar-refractivity contribution in [1.82, 2.24) is 19.4 Å². The van der Waals surface area contributed by atoms with E-state index in [-0.39, 0.29) is 11.4 Å². The van der Waals surface area contributed by atoms with Gasteiger partial charge in [-0.15, -0.1) is 0 Å². The summed E-state index contributed by atoms with van der Waals surface area (Å²) >= 11 is 0. The third-order valence-corrected chi connectivity index (χ3v) is 5.00. The lowest BCUT2D eigenvalue weighted by Gasteiger charge is -2.28. The summed E-state index contributed by atoms with van der Waals surface area (Å²) in [4.78, 5) is 12.8. The predicted octanol–water partition coefficient (Wildman–Crippen LogP) is -0.412. The number of hydrogen-bond acceptors (Lipinski definition) is 5. The average Bonchev–Trinajstić information content (AvgIpc) is 2.86. The van der Waals surface area contributed by atoms with E-state index in [2.05, 4.69) is 21.8 Å². The van der Waals surface area contributed by atoms with Crippen LogP contribution in [-0.4, -0.2) is 60.9 Å². The fourth-order valence-corrected chi connectivity index (χ4v) is 3.35. The average molecular weight is 316 g/mol. The molecule has 0 aliphatic carbocycles. The number of likely N-dealkylation sites (tertiary alicyclic amines) is 1. The van der Waals surface area contributed by atoms with Gasteiger partial charge in [-0.1, -0.05) is 0 Å². The summed E-state index contributed by atoms with van der Waals surface area (Å²) in [5.74, 6) is -0.730. The Kier molecular flexibility index (Phi) is 4.96. The first-order valence-corrected chi connectivity index (χ1v) is 8.27. The van der Waals surface area contributed by atoms with Gasteiger partial charge in [-0.3, -0.25) is 9.48 Å². The van der Waals surface area contributed by atoms with Crippen molar-refractivity contribution >= 4 is 16.0 Å². The van der Waals surface area contributed by atoms with Gasteiger partial charge in [-0.2, -0.15) is 5.10 Å². The van der Waals surface area contributed by atoms with Gasteiger partial charge < -0.3 is 10.0 Å². The zero-order chi connectivity index (χ0) is 15.5. The first kappa shape index (κ1) is 15.9. The Hall–Kier alpha value is -1.45. The molecule has 0 spiro atoms. The monoisotopic (exact) mass is 316 g/mol. The summed E-state index contributed by atoms with van der Waals surface area (Å²) < 4.78 is 27.9. The predicted molar refractivity (Wildman–Crippen MR) is 75.3 cm³/mol. The van der Waals surface area contributed by atoms with Gasteiger partial charge in [0.1, 0.15) is 11.4 Å². The second-order valence-corrected chi connectivity index (χ2v) is 7.13. The summed E-state index contributed by atoms with van der Waals surface area (Å²) in [6.45, 7) is 2.00. The Morgan fingerprint density at radius 2 is 2.14 bits per heavy atom. The summed E-state index contributed by atoms with van der Waals surface area (Å²) in [6, 6.07) is 0. The van der Waals surface area contributed by atoms with E-state index in [0.29, 0.717) is 12.5 Å². The number of aliphatic carboxylic acids is 1. The molecule has 0 saturated carbocycles. The van der Waals surface area contributed by atoms with Gasteiger partial charge in [0.2, 0.25) is 10.0 Å². The molecule has 2 rings (SSSR count). The maximum atomic E-state index is 12.1. The van der Waals surface area contributed by atoms with E-state index < -0.39 is 16.0 Å². The summed E-state index contributed by atoms with van der Waals surface area (Å²) in [5, 5.41) is 12.4. The number of aromatic nitrogens is 2. The molecule has 21 heavy (non-hydrogen) atoms. The summed E-state index contributed by atoms with van der Waals surface area (Å²) in [5.41, 5.74) is 0. The Labute approximate surface area is 123 Å². The molecule has 1 fully saturated rings. The van der Waals surface area contributed by atoms with Crippen LogP contribution in [0.3, 0.4) is 0 Å². The molecule has 118 valence electrons. The van der Waals surface area contributed by atoms with Crippen molar-refractivity contribution in [2.75, 3.05) is 26.7 Å². The van der Waals surface area contributed by atoms with Crippen LogP contribution in [0, 0.1) is 5.92 Å². The van der Waals surface area contributed by atoms with E-state index in [4.69, 9.17) is 5.11 Å². The Morgan fingerprint density at radius 1 is 1.48 bits per heavy atom. The Morgan fingerprint density at radius 3 is 2.76 bits per heavy atom. The van der Waals surface area contributed by atoms with Crippen LogP contribution in [-0.2, 0) is 21.4 Å². The highest BCUT2D eigenvalue weighted by atomic mass is 32.2. The van der Waals surface area contributed by atoms with Crippen molar-refractivity contribution in [3.8, 4) is 0 Å². The molecule has 0 amide bonds. The third-order valence-electron chi connectivity index (χ3n) is 3.62. The molecule has 0 unspecified atom stereocenters. The summed E-state index contributed by atoms with van der Waals surface area (Å²) in [6.07, 6.45) is 4.33. The third kappa shape index (κ3) is 4.51.